The molecule has 2 heterocycles. The van der Waals surface area contributed by atoms with Crippen molar-refractivity contribution in [2.75, 3.05) is 0 Å². The summed E-state index contributed by atoms with van der Waals surface area (Å²) in [4.78, 5) is 4.13. The summed E-state index contributed by atoms with van der Waals surface area (Å²) in [5, 5.41) is 3.17. The highest BCUT2D eigenvalue weighted by Gasteiger charge is 2.02. The molecule has 0 amide bonds. The van der Waals surface area contributed by atoms with E-state index >= 15 is 0 Å². The Labute approximate surface area is 57.6 Å². The average Bonchev–Trinajstić information content (AvgIpc) is 2.33. The fourth-order valence-corrected chi connectivity index (χ4v) is 1.51. The van der Waals surface area contributed by atoms with Gasteiger partial charge in [-0.2, -0.15) is 0 Å². The second-order valence-corrected chi connectivity index (χ2v) is 2.72. The van der Waals surface area contributed by atoms with Crippen molar-refractivity contribution in [3.05, 3.63) is 23.9 Å². The van der Waals surface area contributed by atoms with Gasteiger partial charge in [-0.05, 0) is 5.41 Å². The van der Waals surface area contributed by atoms with Crippen LogP contribution in [0.4, 0.5) is 0 Å². The number of nitrogens with zero attached hydrogens (tertiary/aromatic N) is 2. The molecule has 2 rings (SSSR count). The van der Waals surface area contributed by atoms with Crippen molar-refractivity contribution < 1.29 is 0 Å². The van der Waals surface area contributed by atoms with Gasteiger partial charge in [0.25, 0.3) is 0 Å². The number of imidazole rings is 1. The number of allylic oxidation sites excluding steroid dienone is 1. The van der Waals surface area contributed by atoms with Crippen molar-refractivity contribution in [2.45, 2.75) is 11.7 Å². The smallest absolute Gasteiger partial charge is 0.172 e. The van der Waals surface area contributed by atoms with E-state index in [9.17, 15) is 0 Å². The number of thioether (sulfide) groups is 1. The minimum atomic E-state index is 0.975. The molecule has 1 aromatic heterocycles. The van der Waals surface area contributed by atoms with E-state index in [1.54, 1.807) is 11.8 Å². The number of aromatic nitrogens is 2. The van der Waals surface area contributed by atoms with E-state index in [0.717, 1.165) is 11.7 Å². The fraction of sp³-hybridized carbons (Fsp3) is 0.167. The maximum absolute atomic E-state index is 4.13. The van der Waals surface area contributed by atoms with Crippen LogP contribution in [0.15, 0.2) is 29.0 Å². The van der Waals surface area contributed by atoms with Gasteiger partial charge in [0.05, 0.1) is 0 Å². The maximum Gasteiger partial charge on any atom is 0.172 e. The predicted octanol–water partition coefficient (Wildman–Crippen LogP) is 1.50. The van der Waals surface area contributed by atoms with Gasteiger partial charge in [-0.1, -0.05) is 17.8 Å². The number of rotatable bonds is 0. The summed E-state index contributed by atoms with van der Waals surface area (Å²) in [6.07, 6.45) is 5.94. The molecule has 46 valence electrons. The van der Waals surface area contributed by atoms with Crippen LogP contribution in [0.2, 0.25) is 0 Å². The highest BCUT2D eigenvalue weighted by atomic mass is 32.2. The Balaban J connectivity index is 2.46. The van der Waals surface area contributed by atoms with E-state index < -0.39 is 0 Å². The summed E-state index contributed by atoms with van der Waals surface area (Å²) >= 11 is 1.67. The van der Waals surface area contributed by atoms with Crippen LogP contribution >= 0.6 is 11.8 Å². The van der Waals surface area contributed by atoms with Gasteiger partial charge in [0.1, 0.15) is 0 Å². The van der Waals surface area contributed by atoms with Crippen molar-refractivity contribution in [1.82, 2.24) is 9.55 Å². The highest BCUT2D eigenvalue weighted by molar-refractivity contribution is 8.02. The molecule has 0 saturated heterocycles. The molecule has 1 aliphatic rings. The SMILES string of the molecule is C1=CSc2nccn2C1. The highest BCUT2D eigenvalue weighted by Crippen LogP contribution is 2.20. The van der Waals surface area contributed by atoms with Gasteiger partial charge < -0.3 is 4.57 Å². The lowest BCUT2D eigenvalue weighted by molar-refractivity contribution is 0.720. The molecule has 1 aromatic rings. The van der Waals surface area contributed by atoms with Crippen molar-refractivity contribution >= 4 is 11.8 Å². The number of hydrogen-bond donors (Lipinski definition) is 0. The van der Waals surface area contributed by atoms with E-state index in [1.165, 1.54) is 0 Å². The normalized spacial score (nSPS) is 15.6. The monoisotopic (exact) mass is 138 g/mol. The summed E-state index contributed by atoms with van der Waals surface area (Å²) in [5.74, 6) is 0. The summed E-state index contributed by atoms with van der Waals surface area (Å²) < 4.78 is 2.12. The standard InChI is InChI=1S/C6H6N2S/c1-3-8-4-2-7-6(8)9-5-1/h1-2,4-5H,3H2. The molecule has 0 aromatic carbocycles. The van der Waals surface area contributed by atoms with E-state index in [1.807, 2.05) is 12.4 Å². The average molecular weight is 138 g/mol. The molecule has 9 heavy (non-hydrogen) atoms. The van der Waals surface area contributed by atoms with E-state index in [4.69, 9.17) is 0 Å². The third kappa shape index (κ3) is 0.772. The summed E-state index contributed by atoms with van der Waals surface area (Å²) in [6, 6.07) is 0. The van der Waals surface area contributed by atoms with Gasteiger partial charge in [-0.3, -0.25) is 0 Å². The number of hydrogen-bond acceptors (Lipinski definition) is 2. The van der Waals surface area contributed by atoms with Crippen LogP contribution in [-0.4, -0.2) is 9.55 Å². The molecule has 0 aliphatic carbocycles. The molecule has 0 bridgehead atoms. The molecule has 0 saturated carbocycles. The molecule has 1 aliphatic heterocycles. The first-order chi connectivity index (χ1) is 4.47. The van der Waals surface area contributed by atoms with Crippen LogP contribution in [0, 0.1) is 0 Å². The molecular formula is C6H6N2S. The Morgan fingerprint density at radius 2 is 2.67 bits per heavy atom. The minimum Gasteiger partial charge on any atom is -0.322 e. The van der Waals surface area contributed by atoms with E-state index in [2.05, 4.69) is 21.0 Å². The topological polar surface area (TPSA) is 17.8 Å². The first-order valence-corrected chi connectivity index (χ1v) is 3.67. The lowest BCUT2D eigenvalue weighted by Crippen LogP contribution is -1.97. The van der Waals surface area contributed by atoms with Crippen molar-refractivity contribution in [2.24, 2.45) is 0 Å². The Bertz CT molecular complexity index is 216. The zero-order valence-corrected chi connectivity index (χ0v) is 5.64. The lowest BCUT2D eigenvalue weighted by Gasteiger charge is -2.05. The first-order valence-electron chi connectivity index (χ1n) is 2.79. The van der Waals surface area contributed by atoms with Crippen LogP contribution in [-0.2, 0) is 6.54 Å². The summed E-state index contributed by atoms with van der Waals surface area (Å²) in [7, 11) is 0. The van der Waals surface area contributed by atoms with Gasteiger partial charge >= 0.3 is 0 Å². The van der Waals surface area contributed by atoms with Crippen LogP contribution in [0.1, 0.15) is 0 Å². The first kappa shape index (κ1) is 5.11. The Morgan fingerprint density at radius 1 is 1.67 bits per heavy atom. The van der Waals surface area contributed by atoms with Crippen molar-refractivity contribution in [3.8, 4) is 0 Å². The molecule has 0 radical (unpaired) electrons. The van der Waals surface area contributed by atoms with Crippen molar-refractivity contribution in [1.29, 1.82) is 0 Å². The van der Waals surface area contributed by atoms with E-state index in [-0.39, 0.29) is 0 Å². The third-order valence-corrected chi connectivity index (χ3v) is 2.13. The predicted molar refractivity (Wildman–Crippen MR) is 37.2 cm³/mol. The zero-order chi connectivity index (χ0) is 6.10. The molecule has 2 nitrogen and oxygen atoms in total. The third-order valence-electron chi connectivity index (χ3n) is 1.25. The zero-order valence-electron chi connectivity index (χ0n) is 4.82. The second-order valence-electron chi connectivity index (χ2n) is 1.85. The Kier molecular flexibility index (Phi) is 1.09. The lowest BCUT2D eigenvalue weighted by atomic mass is 10.6. The molecule has 0 N–H and O–H groups in total. The summed E-state index contributed by atoms with van der Waals surface area (Å²) in [5.41, 5.74) is 0. The van der Waals surface area contributed by atoms with Crippen molar-refractivity contribution in [3.63, 3.8) is 0 Å². The molecule has 3 heteroatoms. The maximum atomic E-state index is 4.13. The molecular weight excluding hydrogens is 132 g/mol. The molecule has 0 fully saturated rings. The van der Waals surface area contributed by atoms with Gasteiger partial charge in [0.15, 0.2) is 5.16 Å². The fourth-order valence-electron chi connectivity index (χ4n) is 0.818. The molecule has 0 atom stereocenters. The Morgan fingerprint density at radius 3 is 3.56 bits per heavy atom. The minimum absolute atomic E-state index is 0.975. The van der Waals surface area contributed by atoms with Crippen LogP contribution in [0.5, 0.6) is 0 Å². The van der Waals surface area contributed by atoms with Crippen LogP contribution in [0.25, 0.3) is 0 Å². The van der Waals surface area contributed by atoms with Gasteiger partial charge in [0.2, 0.25) is 0 Å². The number of fused-ring (bicyclic) bond motifs is 1. The molecule has 0 unspecified atom stereocenters. The van der Waals surface area contributed by atoms with Gasteiger partial charge in [-0.25, -0.2) is 4.98 Å². The van der Waals surface area contributed by atoms with Crippen LogP contribution < -0.4 is 0 Å². The second kappa shape index (κ2) is 1.92. The van der Waals surface area contributed by atoms with Gasteiger partial charge in [0, 0.05) is 18.9 Å². The van der Waals surface area contributed by atoms with Crippen LogP contribution in [0.3, 0.4) is 0 Å². The summed E-state index contributed by atoms with van der Waals surface area (Å²) in [6.45, 7) is 0.975. The van der Waals surface area contributed by atoms with Gasteiger partial charge in [-0.15, -0.1) is 0 Å². The molecule has 0 spiro atoms. The Hall–Kier alpha value is -0.700. The largest absolute Gasteiger partial charge is 0.322 e. The quantitative estimate of drug-likeness (QED) is 0.540. The van der Waals surface area contributed by atoms with E-state index in [0.29, 0.717) is 0 Å².